The second kappa shape index (κ2) is 13.2. The highest BCUT2D eigenvalue weighted by Gasteiger charge is 2.35. The predicted octanol–water partition coefficient (Wildman–Crippen LogP) is 16.0. The SMILES string of the molecule is CC1(C)c2ccccc2-c2ccc(N(c3ccc(-c4ccc5sc6ccccc6c5c4)cc3)c3cccc(-c4cccc(-c5cccc6ccccc56)c4)c3)cc21. The highest BCUT2D eigenvalue weighted by molar-refractivity contribution is 7.25. The van der Waals surface area contributed by atoms with Gasteiger partial charge >= 0.3 is 0 Å². The Balaban J connectivity index is 1.02. The van der Waals surface area contributed by atoms with Gasteiger partial charge in [-0.05, 0) is 127 Å². The number of anilines is 3. The maximum Gasteiger partial charge on any atom is 0.0467 e. The fourth-order valence-electron chi connectivity index (χ4n) is 9.16. The topological polar surface area (TPSA) is 3.24 Å². The van der Waals surface area contributed by atoms with Crippen molar-refractivity contribution < 1.29 is 0 Å². The summed E-state index contributed by atoms with van der Waals surface area (Å²) in [5.74, 6) is 0. The quantitative estimate of drug-likeness (QED) is 0.164. The van der Waals surface area contributed by atoms with Gasteiger partial charge in [0.1, 0.15) is 0 Å². The van der Waals surface area contributed by atoms with E-state index < -0.39 is 0 Å². The molecule has 0 spiro atoms. The second-order valence-corrected chi connectivity index (χ2v) is 16.8. The fraction of sp³-hybridized carbons (Fsp3) is 0.0545. The summed E-state index contributed by atoms with van der Waals surface area (Å²) in [5, 5.41) is 5.17. The van der Waals surface area contributed by atoms with Gasteiger partial charge in [-0.1, -0.05) is 153 Å². The van der Waals surface area contributed by atoms with Gasteiger partial charge in [0, 0.05) is 42.6 Å². The Labute approximate surface area is 337 Å². The van der Waals surface area contributed by atoms with E-state index in [1.807, 2.05) is 11.3 Å². The van der Waals surface area contributed by atoms with Crippen molar-refractivity contribution >= 4 is 59.3 Å². The molecule has 0 aliphatic heterocycles. The van der Waals surface area contributed by atoms with Crippen LogP contribution >= 0.6 is 11.3 Å². The average Bonchev–Trinajstić information content (AvgIpc) is 3.75. The van der Waals surface area contributed by atoms with E-state index >= 15 is 0 Å². The molecule has 1 aliphatic carbocycles. The lowest BCUT2D eigenvalue weighted by Crippen LogP contribution is -2.16. The van der Waals surface area contributed by atoms with E-state index in [4.69, 9.17) is 0 Å². The van der Waals surface area contributed by atoms with Gasteiger partial charge in [0.2, 0.25) is 0 Å². The van der Waals surface area contributed by atoms with Crippen LogP contribution in [0.1, 0.15) is 25.0 Å². The van der Waals surface area contributed by atoms with E-state index in [2.05, 4.69) is 219 Å². The Kier molecular flexibility index (Phi) is 7.77. The normalized spacial score (nSPS) is 12.9. The first kappa shape index (κ1) is 33.6. The molecule has 270 valence electrons. The number of nitrogens with zero attached hydrogens (tertiary/aromatic N) is 1. The Morgan fingerprint density at radius 2 is 0.947 bits per heavy atom. The number of thiophene rings is 1. The van der Waals surface area contributed by atoms with E-state index in [9.17, 15) is 0 Å². The maximum atomic E-state index is 2.43. The third-order valence-corrected chi connectivity index (χ3v) is 13.2. The molecule has 9 aromatic carbocycles. The van der Waals surface area contributed by atoms with Crippen LogP contribution in [-0.4, -0.2) is 0 Å². The van der Waals surface area contributed by atoms with Crippen molar-refractivity contribution in [3.63, 3.8) is 0 Å². The molecule has 0 N–H and O–H groups in total. The maximum absolute atomic E-state index is 2.43. The molecule has 1 heterocycles. The largest absolute Gasteiger partial charge is 0.310 e. The third kappa shape index (κ3) is 5.59. The van der Waals surface area contributed by atoms with E-state index in [1.165, 1.54) is 86.6 Å². The molecule has 1 aliphatic rings. The molecule has 57 heavy (non-hydrogen) atoms. The summed E-state index contributed by atoms with van der Waals surface area (Å²) in [6.45, 7) is 4.72. The van der Waals surface area contributed by atoms with Crippen molar-refractivity contribution in [1.82, 2.24) is 0 Å². The molecular weight excluding hydrogens is 707 g/mol. The number of benzene rings is 9. The van der Waals surface area contributed by atoms with Gasteiger partial charge in [-0.2, -0.15) is 0 Å². The van der Waals surface area contributed by atoms with E-state index in [0.29, 0.717) is 0 Å². The van der Waals surface area contributed by atoms with Gasteiger partial charge in [-0.25, -0.2) is 0 Å². The standard InChI is InChI=1S/C55H39NS/c1-55(2)51-22-7-5-19-47(51)48-30-29-44(35-52(48)55)56(42-27-24-36(25-28-42)40-26-31-54-50(34-40)49-20-6-8-23-53(49)57-54)43-17-10-15-39(33-43)38-14-9-16-41(32-38)46-21-11-13-37-12-3-4-18-45(37)46/h3-35H,1-2H3. The Hall–Kier alpha value is -6.74. The Morgan fingerprint density at radius 1 is 0.351 bits per heavy atom. The molecule has 0 radical (unpaired) electrons. The van der Waals surface area contributed by atoms with E-state index in [-0.39, 0.29) is 5.41 Å². The minimum atomic E-state index is -0.105. The van der Waals surface area contributed by atoms with E-state index in [0.717, 1.165) is 17.1 Å². The molecule has 11 rings (SSSR count). The lowest BCUT2D eigenvalue weighted by molar-refractivity contribution is 0.660. The van der Waals surface area contributed by atoms with Gasteiger partial charge in [-0.15, -0.1) is 11.3 Å². The number of hydrogen-bond acceptors (Lipinski definition) is 2. The molecule has 0 bridgehead atoms. The second-order valence-electron chi connectivity index (χ2n) is 15.7. The molecule has 0 atom stereocenters. The van der Waals surface area contributed by atoms with Crippen molar-refractivity contribution in [2.24, 2.45) is 0 Å². The molecule has 0 unspecified atom stereocenters. The number of rotatable bonds is 6. The number of hydrogen-bond donors (Lipinski definition) is 0. The molecule has 1 nitrogen and oxygen atoms in total. The number of fused-ring (bicyclic) bond motifs is 7. The van der Waals surface area contributed by atoms with Gasteiger partial charge in [0.15, 0.2) is 0 Å². The molecule has 0 amide bonds. The van der Waals surface area contributed by atoms with Crippen molar-refractivity contribution in [1.29, 1.82) is 0 Å². The summed E-state index contributed by atoms with van der Waals surface area (Å²) >= 11 is 1.86. The Morgan fingerprint density at radius 3 is 1.84 bits per heavy atom. The Bertz CT molecular complexity index is 3160. The molecule has 0 saturated heterocycles. The first-order valence-electron chi connectivity index (χ1n) is 19.7. The van der Waals surface area contributed by atoms with Crippen LogP contribution < -0.4 is 4.90 Å². The molecule has 0 fully saturated rings. The molecule has 1 aromatic heterocycles. The molecule has 2 heteroatoms. The van der Waals surface area contributed by atoms with Crippen LogP contribution in [0.3, 0.4) is 0 Å². The zero-order valence-corrected chi connectivity index (χ0v) is 32.7. The van der Waals surface area contributed by atoms with Crippen LogP contribution in [0.4, 0.5) is 17.1 Å². The van der Waals surface area contributed by atoms with Gasteiger partial charge < -0.3 is 4.90 Å². The highest BCUT2D eigenvalue weighted by Crippen LogP contribution is 2.51. The summed E-state index contributed by atoms with van der Waals surface area (Å²) in [6, 6.07) is 73.9. The van der Waals surface area contributed by atoms with Crippen LogP contribution in [0.5, 0.6) is 0 Å². The minimum absolute atomic E-state index is 0.105. The van der Waals surface area contributed by atoms with Crippen molar-refractivity contribution in [3.8, 4) is 44.5 Å². The van der Waals surface area contributed by atoms with Crippen LogP contribution in [-0.2, 0) is 5.41 Å². The molecular formula is C55H39NS. The highest BCUT2D eigenvalue weighted by atomic mass is 32.1. The van der Waals surface area contributed by atoms with Gasteiger partial charge in [-0.3, -0.25) is 0 Å². The zero-order chi connectivity index (χ0) is 38.1. The fourth-order valence-corrected chi connectivity index (χ4v) is 10.2. The summed E-state index contributed by atoms with van der Waals surface area (Å²) in [7, 11) is 0. The lowest BCUT2D eigenvalue weighted by atomic mass is 9.82. The van der Waals surface area contributed by atoms with Gasteiger partial charge in [0.25, 0.3) is 0 Å². The van der Waals surface area contributed by atoms with Crippen LogP contribution in [0.15, 0.2) is 200 Å². The first-order chi connectivity index (χ1) is 28.0. The van der Waals surface area contributed by atoms with Crippen molar-refractivity contribution in [2.45, 2.75) is 19.3 Å². The minimum Gasteiger partial charge on any atom is -0.310 e. The molecule has 10 aromatic rings. The van der Waals surface area contributed by atoms with Crippen LogP contribution in [0, 0.1) is 0 Å². The summed E-state index contributed by atoms with van der Waals surface area (Å²) in [5.41, 5.74) is 16.0. The summed E-state index contributed by atoms with van der Waals surface area (Å²) in [4.78, 5) is 2.43. The predicted molar refractivity (Wildman–Crippen MR) is 245 cm³/mol. The van der Waals surface area contributed by atoms with Crippen molar-refractivity contribution in [2.75, 3.05) is 4.90 Å². The third-order valence-electron chi connectivity index (χ3n) is 12.1. The summed E-state index contributed by atoms with van der Waals surface area (Å²) < 4.78 is 2.66. The lowest BCUT2D eigenvalue weighted by Gasteiger charge is -2.28. The molecule has 0 saturated carbocycles. The smallest absolute Gasteiger partial charge is 0.0467 e. The average molecular weight is 746 g/mol. The van der Waals surface area contributed by atoms with Crippen LogP contribution in [0.2, 0.25) is 0 Å². The van der Waals surface area contributed by atoms with E-state index in [1.54, 1.807) is 0 Å². The first-order valence-corrected chi connectivity index (χ1v) is 20.6. The summed E-state index contributed by atoms with van der Waals surface area (Å²) in [6.07, 6.45) is 0. The monoisotopic (exact) mass is 745 g/mol. The van der Waals surface area contributed by atoms with Crippen LogP contribution in [0.25, 0.3) is 75.5 Å². The zero-order valence-electron chi connectivity index (χ0n) is 31.9. The van der Waals surface area contributed by atoms with Gasteiger partial charge in [0.05, 0.1) is 0 Å². The van der Waals surface area contributed by atoms with Crippen molar-refractivity contribution in [3.05, 3.63) is 211 Å².